The first-order valence-corrected chi connectivity index (χ1v) is 3.46. The van der Waals surface area contributed by atoms with Crippen molar-refractivity contribution in [1.29, 1.82) is 0 Å². The van der Waals surface area contributed by atoms with Gasteiger partial charge in [-0.3, -0.25) is 0 Å². The minimum atomic E-state index is -0.235. The molecule has 0 heterocycles. The molecule has 0 bridgehead atoms. The predicted octanol–water partition coefficient (Wildman–Crippen LogP) is 0.902. The zero-order valence-corrected chi connectivity index (χ0v) is 5.83. The van der Waals surface area contributed by atoms with Gasteiger partial charge in [-0.15, -0.1) is 0 Å². The fourth-order valence-electron chi connectivity index (χ4n) is 1.36. The summed E-state index contributed by atoms with van der Waals surface area (Å²) in [7, 11) is 0. The van der Waals surface area contributed by atoms with Gasteiger partial charge in [0.15, 0.2) is 11.5 Å². The minimum absolute atomic E-state index is 0.0796. The molecule has 2 rings (SSSR count). The highest BCUT2D eigenvalue weighted by molar-refractivity contribution is 5.59. The lowest BCUT2D eigenvalue weighted by molar-refractivity contribution is 0.383. The monoisotopic (exact) mass is 152 g/mol. The van der Waals surface area contributed by atoms with Gasteiger partial charge >= 0.3 is 0 Å². The van der Waals surface area contributed by atoms with Gasteiger partial charge in [0, 0.05) is 17.2 Å². The molecule has 58 valence electrons. The summed E-state index contributed by atoms with van der Waals surface area (Å²) in [5.41, 5.74) is 1.45. The Balaban J connectivity index is 2.70. The number of phenolic OH excluding ortho intramolecular Hbond substituents is 3. The van der Waals surface area contributed by atoms with Crippen LogP contribution in [0.3, 0.4) is 0 Å². The Bertz CT molecular complexity index is 297. The maximum absolute atomic E-state index is 9.20. The Hall–Kier alpha value is -1.38. The van der Waals surface area contributed by atoms with E-state index >= 15 is 0 Å². The molecule has 0 fully saturated rings. The van der Waals surface area contributed by atoms with E-state index in [1.54, 1.807) is 0 Å². The van der Waals surface area contributed by atoms with Crippen molar-refractivity contribution in [3.63, 3.8) is 0 Å². The van der Waals surface area contributed by atoms with E-state index in [2.05, 4.69) is 0 Å². The number of benzene rings is 1. The van der Waals surface area contributed by atoms with Crippen LogP contribution in [-0.4, -0.2) is 15.3 Å². The smallest absolute Gasteiger partial charge is 0.161 e. The molecular formula is C8H8O3. The molecule has 1 aromatic carbocycles. The molecule has 0 radical (unpaired) electrons. The van der Waals surface area contributed by atoms with Crippen molar-refractivity contribution in [3.05, 3.63) is 17.2 Å². The van der Waals surface area contributed by atoms with Crippen molar-refractivity contribution < 1.29 is 15.3 Å². The molecule has 0 saturated carbocycles. The van der Waals surface area contributed by atoms with Gasteiger partial charge < -0.3 is 15.3 Å². The second-order valence-electron chi connectivity index (χ2n) is 2.72. The van der Waals surface area contributed by atoms with E-state index < -0.39 is 0 Å². The van der Waals surface area contributed by atoms with Gasteiger partial charge in [-0.1, -0.05) is 0 Å². The lowest BCUT2D eigenvalue weighted by Crippen LogP contribution is -2.08. The van der Waals surface area contributed by atoms with E-state index in [9.17, 15) is 10.2 Å². The van der Waals surface area contributed by atoms with E-state index in [4.69, 9.17) is 5.11 Å². The zero-order chi connectivity index (χ0) is 8.01. The summed E-state index contributed by atoms with van der Waals surface area (Å²) in [6.45, 7) is 0. The predicted molar refractivity (Wildman–Crippen MR) is 38.8 cm³/mol. The number of hydrogen-bond donors (Lipinski definition) is 3. The largest absolute Gasteiger partial charge is 0.508 e. The Morgan fingerprint density at radius 2 is 1.55 bits per heavy atom. The number of aromatic hydroxyl groups is 3. The van der Waals surface area contributed by atoms with Crippen molar-refractivity contribution in [2.24, 2.45) is 0 Å². The van der Waals surface area contributed by atoms with E-state index in [1.807, 2.05) is 0 Å². The van der Waals surface area contributed by atoms with E-state index in [0.717, 1.165) is 18.4 Å². The van der Waals surface area contributed by atoms with Gasteiger partial charge in [-0.25, -0.2) is 0 Å². The first kappa shape index (κ1) is 6.34. The highest BCUT2D eigenvalue weighted by Crippen LogP contribution is 2.43. The molecule has 3 heteroatoms. The van der Waals surface area contributed by atoms with Crippen LogP contribution in [0.4, 0.5) is 0 Å². The topological polar surface area (TPSA) is 60.7 Å². The quantitative estimate of drug-likeness (QED) is 0.382. The fourth-order valence-corrected chi connectivity index (χ4v) is 1.36. The Morgan fingerprint density at radius 1 is 0.909 bits per heavy atom. The standard InChI is InChI=1S/C8H8O3/c9-6-3-7(10)8(11)5-2-1-4(5)6/h3,9-11H,1-2H2. The van der Waals surface area contributed by atoms with E-state index in [0.29, 0.717) is 5.56 Å². The van der Waals surface area contributed by atoms with Crippen molar-refractivity contribution in [2.75, 3.05) is 0 Å². The fraction of sp³-hybridized carbons (Fsp3) is 0.250. The molecule has 0 spiro atoms. The van der Waals surface area contributed by atoms with Gasteiger partial charge in [-0.2, -0.15) is 0 Å². The molecule has 0 atom stereocenters. The average molecular weight is 152 g/mol. The normalized spacial score (nSPS) is 13.8. The first-order valence-electron chi connectivity index (χ1n) is 3.46. The highest BCUT2D eigenvalue weighted by atomic mass is 16.3. The number of rotatable bonds is 0. The van der Waals surface area contributed by atoms with Crippen LogP contribution in [0.25, 0.3) is 0 Å². The van der Waals surface area contributed by atoms with Crippen molar-refractivity contribution in [3.8, 4) is 17.2 Å². The maximum Gasteiger partial charge on any atom is 0.161 e. The van der Waals surface area contributed by atoms with Gasteiger partial charge in [0.05, 0.1) is 0 Å². The molecule has 0 saturated heterocycles. The van der Waals surface area contributed by atoms with Crippen molar-refractivity contribution in [2.45, 2.75) is 12.8 Å². The molecule has 1 aliphatic carbocycles. The Morgan fingerprint density at radius 3 is 2.09 bits per heavy atom. The molecule has 3 N–H and O–H groups in total. The van der Waals surface area contributed by atoms with Crippen LogP contribution in [0.15, 0.2) is 6.07 Å². The summed E-state index contributed by atoms with van der Waals surface area (Å²) in [4.78, 5) is 0. The van der Waals surface area contributed by atoms with Gasteiger partial charge in [0.25, 0.3) is 0 Å². The summed E-state index contributed by atoms with van der Waals surface area (Å²) in [5.74, 6) is -0.230. The van der Waals surface area contributed by atoms with Gasteiger partial charge in [0.1, 0.15) is 5.75 Å². The third-order valence-corrected chi connectivity index (χ3v) is 2.10. The van der Waals surface area contributed by atoms with Crippen LogP contribution in [0.1, 0.15) is 11.1 Å². The van der Waals surface area contributed by atoms with Gasteiger partial charge in [0.2, 0.25) is 0 Å². The van der Waals surface area contributed by atoms with Crippen LogP contribution in [0.5, 0.6) is 17.2 Å². The lowest BCUT2D eigenvalue weighted by Gasteiger charge is -2.21. The van der Waals surface area contributed by atoms with Gasteiger partial charge in [-0.05, 0) is 12.8 Å². The summed E-state index contributed by atoms with van der Waals surface area (Å²) in [5, 5.41) is 27.4. The summed E-state index contributed by atoms with van der Waals surface area (Å²) in [6, 6.07) is 1.17. The van der Waals surface area contributed by atoms with E-state index in [-0.39, 0.29) is 17.2 Å². The van der Waals surface area contributed by atoms with Crippen molar-refractivity contribution in [1.82, 2.24) is 0 Å². The molecule has 0 unspecified atom stereocenters. The van der Waals surface area contributed by atoms with Crippen LogP contribution < -0.4 is 0 Å². The lowest BCUT2D eigenvalue weighted by atomic mass is 9.86. The second kappa shape index (κ2) is 1.81. The molecule has 0 amide bonds. The number of fused-ring (bicyclic) bond motifs is 1. The van der Waals surface area contributed by atoms with Crippen LogP contribution in [-0.2, 0) is 12.8 Å². The van der Waals surface area contributed by atoms with Crippen molar-refractivity contribution >= 4 is 0 Å². The molecular weight excluding hydrogens is 144 g/mol. The molecule has 11 heavy (non-hydrogen) atoms. The maximum atomic E-state index is 9.20. The molecule has 1 aromatic rings. The molecule has 3 nitrogen and oxygen atoms in total. The summed E-state index contributed by atoms with van der Waals surface area (Å²) >= 11 is 0. The van der Waals surface area contributed by atoms with E-state index in [1.165, 1.54) is 6.07 Å². The van der Waals surface area contributed by atoms with Crippen LogP contribution in [0, 0.1) is 0 Å². The zero-order valence-electron chi connectivity index (χ0n) is 5.83. The third-order valence-electron chi connectivity index (χ3n) is 2.10. The first-order chi connectivity index (χ1) is 5.20. The second-order valence-corrected chi connectivity index (χ2v) is 2.72. The average Bonchev–Trinajstić information content (AvgIpc) is 1.81. The summed E-state index contributed by atoms with van der Waals surface area (Å²) < 4.78 is 0. The molecule has 0 aromatic heterocycles. The molecule has 1 aliphatic rings. The third kappa shape index (κ3) is 0.677. The highest BCUT2D eigenvalue weighted by Gasteiger charge is 2.23. The number of phenols is 3. The minimum Gasteiger partial charge on any atom is -0.508 e. The molecule has 0 aliphatic heterocycles. The van der Waals surface area contributed by atoms with Crippen LogP contribution in [0.2, 0.25) is 0 Å². The Labute approximate surface area is 63.5 Å². The number of hydrogen-bond acceptors (Lipinski definition) is 3. The Kier molecular flexibility index (Phi) is 1.04. The summed E-state index contributed by atoms with van der Waals surface area (Å²) in [6.07, 6.45) is 1.53. The van der Waals surface area contributed by atoms with Crippen LogP contribution >= 0.6 is 0 Å². The SMILES string of the molecule is Oc1cc(O)c2c(c1O)CC2.